The van der Waals surface area contributed by atoms with Gasteiger partial charge in [0, 0.05) is 4.47 Å². The summed E-state index contributed by atoms with van der Waals surface area (Å²) in [4.78, 5) is 0. The highest BCUT2D eigenvalue weighted by atomic mass is 79.9. The summed E-state index contributed by atoms with van der Waals surface area (Å²) >= 11 is 3.48. The minimum Gasteiger partial charge on any atom is -0.486 e. The summed E-state index contributed by atoms with van der Waals surface area (Å²) in [5, 5.41) is 0. The maximum absolute atomic E-state index is 6.03. The fourth-order valence-electron chi connectivity index (χ4n) is 2.06. The summed E-state index contributed by atoms with van der Waals surface area (Å²) in [5.74, 6) is 0.968. The van der Waals surface area contributed by atoms with E-state index in [9.17, 15) is 0 Å². The van der Waals surface area contributed by atoms with Crippen molar-refractivity contribution in [2.45, 2.75) is 31.8 Å². The third-order valence-electron chi connectivity index (χ3n) is 2.92. The average Bonchev–Trinajstić information content (AvgIpc) is 2.34. The van der Waals surface area contributed by atoms with Crippen molar-refractivity contribution >= 4 is 15.9 Å². The quantitative estimate of drug-likeness (QED) is 0.864. The van der Waals surface area contributed by atoms with E-state index in [1.54, 1.807) is 0 Å². The number of halogens is 1. The molecule has 1 aliphatic carbocycles. The fraction of sp³-hybridized carbons (Fsp3) is 0.429. The van der Waals surface area contributed by atoms with Crippen molar-refractivity contribution in [2.75, 3.05) is 6.54 Å². The van der Waals surface area contributed by atoms with Crippen LogP contribution in [0.3, 0.4) is 0 Å². The van der Waals surface area contributed by atoms with Gasteiger partial charge in [0.25, 0.3) is 0 Å². The molecule has 1 aromatic rings. The molecular weight excluding hydrogens is 278 g/mol. The van der Waals surface area contributed by atoms with Gasteiger partial charge in [0.1, 0.15) is 11.9 Å². The standard InChI is InChI=1S/C14H18BrNO/c15-12-6-7-14(11(10-12)8-9-16)17-13-4-2-1-3-5-13/h2,4,6-7,10,13H,1,3,5,8-9,16H2. The van der Waals surface area contributed by atoms with Crippen LogP contribution in [0.25, 0.3) is 0 Å². The molecule has 0 radical (unpaired) electrons. The van der Waals surface area contributed by atoms with Crippen molar-refractivity contribution in [1.82, 2.24) is 0 Å². The normalized spacial score (nSPS) is 19.3. The number of nitrogens with two attached hydrogens (primary N) is 1. The van der Waals surface area contributed by atoms with Gasteiger partial charge < -0.3 is 10.5 Å². The maximum Gasteiger partial charge on any atom is 0.123 e. The minimum atomic E-state index is 0.224. The summed E-state index contributed by atoms with van der Waals surface area (Å²) in [7, 11) is 0. The molecule has 92 valence electrons. The van der Waals surface area contributed by atoms with E-state index < -0.39 is 0 Å². The van der Waals surface area contributed by atoms with Crippen molar-refractivity contribution in [3.05, 3.63) is 40.4 Å². The molecule has 0 saturated heterocycles. The number of hydrogen-bond acceptors (Lipinski definition) is 2. The molecule has 0 saturated carbocycles. The van der Waals surface area contributed by atoms with E-state index in [1.165, 1.54) is 18.4 Å². The second-order valence-electron chi connectivity index (χ2n) is 4.31. The molecule has 0 aliphatic heterocycles. The van der Waals surface area contributed by atoms with Crippen molar-refractivity contribution in [3.63, 3.8) is 0 Å². The molecule has 0 bridgehead atoms. The van der Waals surface area contributed by atoms with Gasteiger partial charge in [-0.2, -0.15) is 0 Å². The van der Waals surface area contributed by atoms with Gasteiger partial charge in [0.2, 0.25) is 0 Å². The monoisotopic (exact) mass is 295 g/mol. The lowest BCUT2D eigenvalue weighted by Gasteiger charge is -2.20. The van der Waals surface area contributed by atoms with Crippen LogP contribution in [0.4, 0.5) is 0 Å². The molecule has 2 nitrogen and oxygen atoms in total. The van der Waals surface area contributed by atoms with Crippen LogP contribution in [-0.4, -0.2) is 12.6 Å². The van der Waals surface area contributed by atoms with Gasteiger partial charge in [0.05, 0.1) is 0 Å². The molecule has 0 spiro atoms. The van der Waals surface area contributed by atoms with Crippen molar-refractivity contribution < 1.29 is 4.74 Å². The minimum absolute atomic E-state index is 0.224. The van der Waals surface area contributed by atoms with E-state index in [4.69, 9.17) is 10.5 Å². The van der Waals surface area contributed by atoms with Crippen molar-refractivity contribution in [1.29, 1.82) is 0 Å². The Morgan fingerprint density at radius 3 is 3.00 bits per heavy atom. The van der Waals surface area contributed by atoms with Crippen molar-refractivity contribution in [3.8, 4) is 5.75 Å². The lowest BCUT2D eigenvalue weighted by atomic mass is 10.0. The topological polar surface area (TPSA) is 35.2 Å². The molecule has 2 rings (SSSR count). The predicted octanol–water partition coefficient (Wildman–Crippen LogP) is 3.44. The van der Waals surface area contributed by atoms with Crippen molar-refractivity contribution in [2.24, 2.45) is 5.73 Å². The smallest absolute Gasteiger partial charge is 0.123 e. The van der Waals surface area contributed by atoms with Gasteiger partial charge in [-0.3, -0.25) is 0 Å². The molecule has 0 amide bonds. The zero-order valence-electron chi connectivity index (χ0n) is 9.86. The second kappa shape index (κ2) is 6.22. The lowest BCUT2D eigenvalue weighted by Crippen LogP contribution is -2.17. The molecule has 1 atom stereocenters. The van der Waals surface area contributed by atoms with Gasteiger partial charge in [-0.15, -0.1) is 0 Å². The molecule has 0 heterocycles. The second-order valence-corrected chi connectivity index (χ2v) is 5.22. The third-order valence-corrected chi connectivity index (χ3v) is 3.42. The van der Waals surface area contributed by atoms with Crippen LogP contribution in [0.1, 0.15) is 24.8 Å². The predicted molar refractivity (Wildman–Crippen MR) is 74.3 cm³/mol. The highest BCUT2D eigenvalue weighted by Gasteiger charge is 2.12. The van der Waals surface area contributed by atoms with Crippen LogP contribution in [0.15, 0.2) is 34.8 Å². The van der Waals surface area contributed by atoms with Crippen LogP contribution in [-0.2, 0) is 6.42 Å². The van der Waals surface area contributed by atoms with E-state index in [1.807, 2.05) is 12.1 Å². The Bertz CT molecular complexity index is 403. The first kappa shape index (κ1) is 12.7. The van der Waals surface area contributed by atoms with E-state index in [0.717, 1.165) is 23.1 Å². The summed E-state index contributed by atoms with van der Waals surface area (Å²) < 4.78 is 7.11. The van der Waals surface area contributed by atoms with Crippen LogP contribution in [0, 0.1) is 0 Å². The maximum atomic E-state index is 6.03. The Morgan fingerprint density at radius 2 is 2.29 bits per heavy atom. The number of allylic oxidation sites excluding steroid dienone is 1. The molecule has 2 N–H and O–H groups in total. The zero-order valence-corrected chi connectivity index (χ0v) is 11.4. The summed E-state index contributed by atoms with van der Waals surface area (Å²) in [6.45, 7) is 0.646. The first-order chi connectivity index (χ1) is 8.29. The Labute approximate surface area is 111 Å². The highest BCUT2D eigenvalue weighted by molar-refractivity contribution is 9.10. The Balaban J connectivity index is 2.13. The number of hydrogen-bond donors (Lipinski definition) is 1. The summed E-state index contributed by atoms with van der Waals surface area (Å²) in [6.07, 6.45) is 8.94. The average molecular weight is 296 g/mol. The summed E-state index contributed by atoms with van der Waals surface area (Å²) in [6, 6.07) is 6.13. The van der Waals surface area contributed by atoms with E-state index in [2.05, 4.69) is 34.1 Å². The van der Waals surface area contributed by atoms with Gasteiger partial charge in [-0.1, -0.05) is 22.0 Å². The molecule has 0 aromatic heterocycles. The van der Waals surface area contributed by atoms with Gasteiger partial charge in [-0.25, -0.2) is 0 Å². The van der Waals surface area contributed by atoms with Crippen LogP contribution in [0.5, 0.6) is 5.75 Å². The molecule has 1 unspecified atom stereocenters. The van der Waals surface area contributed by atoms with Crippen LogP contribution < -0.4 is 10.5 Å². The van der Waals surface area contributed by atoms with E-state index in [-0.39, 0.29) is 6.10 Å². The lowest BCUT2D eigenvalue weighted by molar-refractivity contribution is 0.227. The zero-order chi connectivity index (χ0) is 12.1. The molecule has 1 aromatic carbocycles. The van der Waals surface area contributed by atoms with Gasteiger partial charge in [0.15, 0.2) is 0 Å². The molecule has 17 heavy (non-hydrogen) atoms. The molecule has 0 fully saturated rings. The summed E-state index contributed by atoms with van der Waals surface area (Å²) in [5.41, 5.74) is 6.81. The Hall–Kier alpha value is -0.800. The van der Waals surface area contributed by atoms with Gasteiger partial charge in [-0.05, 0) is 62.1 Å². The first-order valence-electron chi connectivity index (χ1n) is 6.11. The van der Waals surface area contributed by atoms with Crippen LogP contribution >= 0.6 is 15.9 Å². The fourth-order valence-corrected chi connectivity index (χ4v) is 2.46. The number of rotatable bonds is 4. The number of benzene rings is 1. The molecule has 1 aliphatic rings. The highest BCUT2D eigenvalue weighted by Crippen LogP contribution is 2.26. The Kier molecular flexibility index (Phi) is 4.63. The van der Waals surface area contributed by atoms with Crippen LogP contribution in [0.2, 0.25) is 0 Å². The molecule has 3 heteroatoms. The van der Waals surface area contributed by atoms with E-state index >= 15 is 0 Å². The molecular formula is C14H18BrNO. The Morgan fingerprint density at radius 1 is 1.41 bits per heavy atom. The SMILES string of the molecule is NCCc1cc(Br)ccc1OC1C=CCCC1. The first-order valence-corrected chi connectivity index (χ1v) is 6.90. The number of ether oxygens (including phenoxy) is 1. The largest absolute Gasteiger partial charge is 0.486 e. The third kappa shape index (κ3) is 3.58. The van der Waals surface area contributed by atoms with E-state index in [0.29, 0.717) is 6.54 Å². The van der Waals surface area contributed by atoms with Gasteiger partial charge >= 0.3 is 0 Å².